The molecule has 32 heavy (non-hydrogen) atoms. The van der Waals surface area contributed by atoms with E-state index in [2.05, 4.69) is 10.6 Å². The molecule has 2 aromatic heterocycles. The maximum atomic E-state index is 12.3. The van der Waals surface area contributed by atoms with E-state index in [9.17, 15) is 29.4 Å². The van der Waals surface area contributed by atoms with Crippen molar-refractivity contribution in [3.05, 3.63) is 56.4 Å². The first-order valence-corrected chi connectivity index (χ1v) is 10.2. The SMILES string of the molecule is CCCN(CCNC(=O)c1ccn(C)c(=O)c1O)CCNC(=O)c1ccn(C)c(=O)c1O. The van der Waals surface area contributed by atoms with Gasteiger partial charge < -0.3 is 30.0 Å². The highest BCUT2D eigenvalue weighted by Crippen LogP contribution is 2.10. The van der Waals surface area contributed by atoms with Crippen LogP contribution in [0.15, 0.2) is 34.1 Å². The number of carbonyl (C=O) groups excluding carboxylic acids is 2. The van der Waals surface area contributed by atoms with Crippen LogP contribution in [0.5, 0.6) is 11.5 Å². The van der Waals surface area contributed by atoms with Crippen molar-refractivity contribution in [1.29, 1.82) is 0 Å². The third-order valence-electron chi connectivity index (χ3n) is 4.94. The quantitative estimate of drug-likeness (QED) is 0.379. The molecule has 0 fully saturated rings. The Morgan fingerprint density at radius 2 is 1.25 bits per heavy atom. The summed E-state index contributed by atoms with van der Waals surface area (Å²) in [7, 11) is 2.95. The van der Waals surface area contributed by atoms with Crippen LogP contribution in [0.1, 0.15) is 34.1 Å². The first kappa shape index (κ1) is 24.7. The zero-order valence-corrected chi connectivity index (χ0v) is 18.4. The third-order valence-corrected chi connectivity index (χ3v) is 4.94. The third kappa shape index (κ3) is 5.97. The first-order valence-electron chi connectivity index (χ1n) is 10.2. The summed E-state index contributed by atoms with van der Waals surface area (Å²) in [5.41, 5.74) is -1.47. The zero-order chi connectivity index (χ0) is 23.8. The lowest BCUT2D eigenvalue weighted by Gasteiger charge is -2.22. The van der Waals surface area contributed by atoms with Gasteiger partial charge in [0.15, 0.2) is 11.5 Å². The second-order valence-electron chi connectivity index (χ2n) is 7.34. The van der Waals surface area contributed by atoms with E-state index >= 15 is 0 Å². The average molecular weight is 447 g/mol. The van der Waals surface area contributed by atoms with Crippen molar-refractivity contribution in [2.45, 2.75) is 13.3 Å². The van der Waals surface area contributed by atoms with E-state index in [-0.39, 0.29) is 24.2 Å². The minimum atomic E-state index is -0.650. The molecular weight excluding hydrogens is 418 g/mol. The van der Waals surface area contributed by atoms with E-state index < -0.39 is 34.4 Å². The molecule has 11 heteroatoms. The Hall–Kier alpha value is -3.60. The van der Waals surface area contributed by atoms with Gasteiger partial charge in [0.25, 0.3) is 22.9 Å². The lowest BCUT2D eigenvalue weighted by molar-refractivity contribution is 0.0944. The summed E-state index contributed by atoms with van der Waals surface area (Å²) in [5, 5.41) is 25.1. The van der Waals surface area contributed by atoms with Crippen LogP contribution < -0.4 is 21.8 Å². The highest BCUT2D eigenvalue weighted by atomic mass is 16.3. The van der Waals surface area contributed by atoms with Gasteiger partial charge in [-0.2, -0.15) is 0 Å². The standard InChI is InChI=1S/C21H29N5O6/c1-4-9-26(12-7-22-18(29)14-5-10-24(2)20(31)16(14)27)13-8-23-19(30)15-6-11-25(3)21(32)17(15)28/h5-6,10-11,27-28H,4,7-9,12-13H2,1-3H3,(H,22,29)(H,23,30). The number of nitrogens with one attached hydrogen (secondary N) is 2. The summed E-state index contributed by atoms with van der Waals surface area (Å²) in [6.45, 7) is 4.24. The molecule has 0 unspecified atom stereocenters. The van der Waals surface area contributed by atoms with Crippen molar-refractivity contribution in [3.8, 4) is 11.5 Å². The van der Waals surface area contributed by atoms with E-state index in [4.69, 9.17) is 0 Å². The molecule has 2 aromatic rings. The normalized spacial score (nSPS) is 10.9. The summed E-state index contributed by atoms with van der Waals surface area (Å²) < 4.78 is 2.35. The Morgan fingerprint density at radius 1 is 0.844 bits per heavy atom. The van der Waals surface area contributed by atoms with Crippen LogP contribution >= 0.6 is 0 Å². The van der Waals surface area contributed by atoms with Gasteiger partial charge in [-0.1, -0.05) is 6.92 Å². The summed E-state index contributed by atoms with van der Waals surface area (Å²) in [4.78, 5) is 50.1. The number of carbonyl (C=O) groups is 2. The fourth-order valence-electron chi connectivity index (χ4n) is 3.09. The Labute approximate surface area is 184 Å². The Kier molecular flexibility index (Phi) is 8.59. The molecule has 174 valence electrons. The van der Waals surface area contributed by atoms with E-state index in [1.165, 1.54) is 47.8 Å². The Balaban J connectivity index is 1.86. The molecule has 0 aromatic carbocycles. The van der Waals surface area contributed by atoms with Crippen LogP contribution in [0.2, 0.25) is 0 Å². The molecule has 0 saturated carbocycles. The molecule has 4 N–H and O–H groups in total. The number of aryl methyl sites for hydroxylation is 2. The van der Waals surface area contributed by atoms with Crippen LogP contribution in [0.3, 0.4) is 0 Å². The number of aromatic hydroxyl groups is 2. The molecule has 2 rings (SSSR count). The van der Waals surface area contributed by atoms with E-state index in [1.807, 2.05) is 11.8 Å². The largest absolute Gasteiger partial charge is 0.502 e. The molecule has 0 aliphatic rings. The van der Waals surface area contributed by atoms with Crippen LogP contribution in [0.4, 0.5) is 0 Å². The number of rotatable bonds is 10. The lowest BCUT2D eigenvalue weighted by atomic mass is 10.2. The number of amides is 2. The van der Waals surface area contributed by atoms with E-state index in [0.29, 0.717) is 13.1 Å². The molecule has 0 aliphatic carbocycles. The second kappa shape index (κ2) is 11.1. The number of pyridine rings is 2. The molecule has 2 amide bonds. The molecule has 0 radical (unpaired) electrons. The summed E-state index contributed by atoms with van der Waals surface area (Å²) in [6.07, 6.45) is 3.67. The topological polar surface area (TPSA) is 146 Å². The molecule has 0 aliphatic heterocycles. The highest BCUT2D eigenvalue weighted by molar-refractivity contribution is 5.97. The Bertz CT molecular complexity index is 1010. The molecule has 0 spiro atoms. The van der Waals surface area contributed by atoms with Gasteiger partial charge in [-0.15, -0.1) is 0 Å². The minimum Gasteiger partial charge on any atom is -0.502 e. The van der Waals surface area contributed by atoms with Gasteiger partial charge in [-0.25, -0.2) is 0 Å². The first-order chi connectivity index (χ1) is 15.2. The van der Waals surface area contributed by atoms with Crippen molar-refractivity contribution in [2.24, 2.45) is 14.1 Å². The smallest absolute Gasteiger partial charge is 0.293 e. The number of aromatic nitrogens is 2. The van der Waals surface area contributed by atoms with Gasteiger partial charge in [0, 0.05) is 52.7 Å². The summed E-state index contributed by atoms with van der Waals surface area (Å²) >= 11 is 0. The fraction of sp³-hybridized carbons (Fsp3) is 0.429. The highest BCUT2D eigenvalue weighted by Gasteiger charge is 2.16. The molecule has 0 bridgehead atoms. The van der Waals surface area contributed by atoms with Gasteiger partial charge in [0.1, 0.15) is 0 Å². The Morgan fingerprint density at radius 3 is 1.62 bits per heavy atom. The second-order valence-corrected chi connectivity index (χ2v) is 7.34. The van der Waals surface area contributed by atoms with Gasteiger partial charge in [0.2, 0.25) is 0 Å². The van der Waals surface area contributed by atoms with Crippen molar-refractivity contribution in [3.63, 3.8) is 0 Å². The summed E-state index contributed by atoms with van der Waals surface area (Å²) in [6, 6.07) is 2.75. The molecule has 2 heterocycles. The summed E-state index contributed by atoms with van der Waals surface area (Å²) in [5.74, 6) is -2.29. The molecular formula is C21H29N5O6. The van der Waals surface area contributed by atoms with E-state index in [0.717, 1.165) is 13.0 Å². The van der Waals surface area contributed by atoms with Gasteiger partial charge in [0.05, 0.1) is 11.1 Å². The van der Waals surface area contributed by atoms with Gasteiger partial charge in [-0.3, -0.25) is 24.1 Å². The molecule has 0 saturated heterocycles. The van der Waals surface area contributed by atoms with Crippen LogP contribution in [-0.2, 0) is 14.1 Å². The molecule has 0 atom stereocenters. The van der Waals surface area contributed by atoms with Crippen molar-refractivity contribution >= 4 is 11.8 Å². The van der Waals surface area contributed by atoms with Crippen LogP contribution in [0, 0.1) is 0 Å². The van der Waals surface area contributed by atoms with E-state index in [1.54, 1.807) is 0 Å². The van der Waals surface area contributed by atoms with Crippen molar-refractivity contribution in [1.82, 2.24) is 24.7 Å². The number of hydrogen-bond acceptors (Lipinski definition) is 7. The van der Waals surface area contributed by atoms with Gasteiger partial charge in [-0.05, 0) is 25.1 Å². The zero-order valence-electron chi connectivity index (χ0n) is 18.4. The maximum absolute atomic E-state index is 12.3. The van der Waals surface area contributed by atoms with Crippen LogP contribution in [-0.4, -0.2) is 68.8 Å². The predicted octanol–water partition coefficient (Wildman–Crippen LogP) is -0.633. The fourth-order valence-corrected chi connectivity index (χ4v) is 3.09. The van der Waals surface area contributed by atoms with Crippen molar-refractivity contribution < 1.29 is 19.8 Å². The number of hydrogen-bond donors (Lipinski definition) is 4. The maximum Gasteiger partial charge on any atom is 0.293 e. The van der Waals surface area contributed by atoms with Gasteiger partial charge >= 0.3 is 0 Å². The lowest BCUT2D eigenvalue weighted by Crippen LogP contribution is -2.40. The predicted molar refractivity (Wildman–Crippen MR) is 118 cm³/mol. The average Bonchev–Trinajstić information content (AvgIpc) is 2.75. The molecule has 11 nitrogen and oxygen atoms in total. The monoisotopic (exact) mass is 447 g/mol. The minimum absolute atomic E-state index is 0.0868. The number of nitrogens with zero attached hydrogens (tertiary/aromatic N) is 3. The van der Waals surface area contributed by atoms with Crippen LogP contribution in [0.25, 0.3) is 0 Å². The van der Waals surface area contributed by atoms with Crippen molar-refractivity contribution in [2.75, 3.05) is 32.7 Å².